The molecule has 0 bridgehead atoms. The fourth-order valence-corrected chi connectivity index (χ4v) is 16.7. The van der Waals surface area contributed by atoms with E-state index < -0.39 is 6.17 Å². The maximum Gasteiger partial charge on any atom is 0.129 e. The van der Waals surface area contributed by atoms with E-state index in [0.29, 0.717) is 24.2 Å². The summed E-state index contributed by atoms with van der Waals surface area (Å²) in [5.74, 6) is 7.40. The van der Waals surface area contributed by atoms with E-state index in [1.165, 1.54) is 175 Å². The Bertz CT molecular complexity index is 4350. The number of alkyl halides is 1. The molecule has 11 unspecified atom stereocenters. The normalized spacial score (nSPS) is 18.8. The lowest BCUT2D eigenvalue weighted by Gasteiger charge is -2.34. The highest BCUT2D eigenvalue weighted by atomic mass is 19.1. The molecule has 0 heterocycles. The van der Waals surface area contributed by atoms with Gasteiger partial charge in [-0.2, -0.15) is 0 Å². The van der Waals surface area contributed by atoms with E-state index in [1.807, 2.05) is 6.07 Å². The van der Waals surface area contributed by atoms with Gasteiger partial charge in [-0.05, 0) is 312 Å². The van der Waals surface area contributed by atoms with Crippen molar-refractivity contribution in [2.45, 2.75) is 292 Å². The van der Waals surface area contributed by atoms with Crippen LogP contribution in [0.5, 0.6) is 0 Å². The number of benzene rings is 10. The number of fused-ring (bicyclic) bond motifs is 12. The van der Waals surface area contributed by atoms with Gasteiger partial charge in [0.25, 0.3) is 0 Å². The van der Waals surface area contributed by atoms with Gasteiger partial charge in [-0.15, -0.1) is 0 Å². The first kappa shape index (κ1) is 75.1. The van der Waals surface area contributed by atoms with E-state index in [1.54, 1.807) is 72.3 Å². The third-order valence-electron chi connectivity index (χ3n) is 25.8. The van der Waals surface area contributed by atoms with Gasteiger partial charge in [-0.3, -0.25) is 0 Å². The second-order valence-electron chi connectivity index (χ2n) is 32.1. The van der Waals surface area contributed by atoms with Crippen LogP contribution in [0.4, 0.5) is 4.39 Å². The smallest absolute Gasteiger partial charge is 0.129 e. The minimum Gasteiger partial charge on any atom is -0.242 e. The van der Waals surface area contributed by atoms with Gasteiger partial charge in [0.2, 0.25) is 0 Å². The zero-order chi connectivity index (χ0) is 71.6. The summed E-state index contributed by atoms with van der Waals surface area (Å²) < 4.78 is 13.1. The van der Waals surface area contributed by atoms with E-state index in [-0.39, 0.29) is 0 Å². The van der Waals surface area contributed by atoms with Gasteiger partial charge in [0.1, 0.15) is 6.17 Å². The summed E-state index contributed by atoms with van der Waals surface area (Å²) in [5.41, 5.74) is 30.1. The Morgan fingerprint density at radius 3 is 1.36 bits per heavy atom. The van der Waals surface area contributed by atoms with Crippen LogP contribution in [-0.4, -0.2) is 0 Å². The number of rotatable bonds is 16. The molecule has 0 spiro atoms. The second-order valence-corrected chi connectivity index (χ2v) is 32.1. The van der Waals surface area contributed by atoms with E-state index >= 15 is 0 Å². The van der Waals surface area contributed by atoms with Crippen LogP contribution < -0.4 is 0 Å². The van der Waals surface area contributed by atoms with Gasteiger partial charge < -0.3 is 0 Å². The Labute approximate surface area is 612 Å². The molecule has 0 saturated heterocycles. The number of hydrogen-bond donors (Lipinski definition) is 0. The molecule has 10 aromatic rings. The molecule has 0 amide bonds. The largest absolute Gasteiger partial charge is 0.242 e. The first-order chi connectivity index (χ1) is 48.9. The molecule has 0 N–H and O–H groups in total. The molecule has 11 atom stereocenters. The summed E-state index contributed by atoms with van der Waals surface area (Å²) in [6, 6.07) is 63.7. The average Bonchev–Trinajstić information content (AvgIpc) is 0.741. The molecule has 7 aliphatic carbocycles. The van der Waals surface area contributed by atoms with Crippen molar-refractivity contribution < 1.29 is 4.39 Å². The Hall–Kier alpha value is -7.09. The van der Waals surface area contributed by atoms with Crippen molar-refractivity contribution in [1.29, 1.82) is 0 Å². The van der Waals surface area contributed by atoms with E-state index in [2.05, 4.69) is 275 Å². The summed E-state index contributed by atoms with van der Waals surface area (Å²) >= 11 is 0. The van der Waals surface area contributed by atoms with Crippen LogP contribution in [0.25, 0.3) is 32.3 Å². The lowest BCUT2D eigenvalue weighted by molar-refractivity contribution is 0.305. The standard InChI is InChI=1S/C20H20.C16H18.C15H22.C13H18.C12H15F.2C12H16/c1-3-13(2)20-17-7-5-4-6-15(17)12-19-16-10-8-14(16)9-11-18(19)20;1-3-11(2)13-5-4-6-15-14-9-7-12(14)8-10-16(13)15;1-4-6-13-9-14-8-7-12(10-15(13)14)11(3)5-2;1-4-9(2)11-5-6-12-7-10(3)13(12)8-11;1-3-8(2)9-4-5-10-7-12(13)11(10)6-9;1-3-9(2)11-6-4-10-5-7-12(10)8-11;1-3-9(2)12-8-10-6-4-5-7-11(10)12/h4-7,9,11-13H,3,8,10H2,1-2H3;4-6,8,10-11H,3,7,9H2,1-2H3;7-8,10-11,13H,4-6,9H2,1-3H3;5-6,8-10H,4,7H2,1-3H3;4-6,8,12H,3,7H2,1-2H3;4,6,8-9H,3,5,7H2,1-2H3;4-7,9,12H,3,8H2,1-2H3. The number of halogens is 1. The molecular formula is C100H125F. The van der Waals surface area contributed by atoms with Crippen LogP contribution >= 0.6 is 0 Å². The van der Waals surface area contributed by atoms with Crippen molar-refractivity contribution in [3.05, 3.63) is 281 Å². The molecule has 101 heavy (non-hydrogen) atoms. The third kappa shape index (κ3) is 16.6. The van der Waals surface area contributed by atoms with Crippen LogP contribution in [0.15, 0.2) is 170 Å². The maximum atomic E-state index is 13.1. The van der Waals surface area contributed by atoms with Gasteiger partial charge in [0.15, 0.2) is 0 Å². The Balaban J connectivity index is 0.000000120. The monoisotopic (exact) mass is 1340 g/mol. The predicted molar refractivity (Wildman–Crippen MR) is 439 cm³/mol. The van der Waals surface area contributed by atoms with E-state index in [4.69, 9.17) is 0 Å². The SMILES string of the molecule is CCC(C)C1Cc2ccccc21.CCC(C)c1c2ccccc2cc2c3c(ccc12)CC3.CCC(C)c1ccc2c(c1)C(C)C2.CCC(C)c1ccc2c(c1)C(F)C2.CCC(C)c1ccc2c(c1)CC2.CCC(C)c1cccc2c3c(ccc12)CC3.CCCC1Cc2ccc(C(C)CC)cc21. The molecule has 0 aromatic heterocycles. The molecule has 0 saturated carbocycles. The minimum absolute atomic E-state index is 0.554. The van der Waals surface area contributed by atoms with Crippen molar-refractivity contribution in [3.8, 4) is 0 Å². The van der Waals surface area contributed by atoms with Crippen LogP contribution in [0, 0.1) is 5.92 Å². The van der Waals surface area contributed by atoms with Gasteiger partial charge >= 0.3 is 0 Å². The highest BCUT2D eigenvalue weighted by molar-refractivity contribution is 6.04. The van der Waals surface area contributed by atoms with Crippen molar-refractivity contribution in [3.63, 3.8) is 0 Å². The molecule has 0 nitrogen and oxygen atoms in total. The van der Waals surface area contributed by atoms with Gasteiger partial charge in [-0.25, -0.2) is 4.39 Å². The summed E-state index contributed by atoms with van der Waals surface area (Å²) in [4.78, 5) is 0. The fourth-order valence-electron chi connectivity index (χ4n) is 16.7. The lowest BCUT2D eigenvalue weighted by atomic mass is 9.70. The Morgan fingerprint density at radius 1 is 0.337 bits per heavy atom. The second kappa shape index (κ2) is 34.5. The van der Waals surface area contributed by atoms with Gasteiger partial charge in [0.05, 0.1) is 0 Å². The quantitative estimate of drug-likeness (QED) is 0.0846. The van der Waals surface area contributed by atoms with E-state index in [0.717, 1.165) is 53.4 Å². The fraction of sp³-hybridized carbons (Fsp3) is 0.460. The summed E-state index contributed by atoms with van der Waals surface area (Å²) in [5, 5.41) is 8.81. The minimum atomic E-state index is -0.695. The highest BCUT2D eigenvalue weighted by Crippen LogP contribution is 2.45. The molecule has 0 radical (unpaired) electrons. The first-order valence-corrected chi connectivity index (χ1v) is 40.6. The molecule has 0 fully saturated rings. The average molecular weight is 1350 g/mol. The maximum absolute atomic E-state index is 13.1. The molecule has 0 aliphatic heterocycles. The topological polar surface area (TPSA) is 0 Å². The van der Waals surface area contributed by atoms with Crippen molar-refractivity contribution in [2.24, 2.45) is 5.92 Å². The zero-order valence-electron chi connectivity index (χ0n) is 65.3. The van der Waals surface area contributed by atoms with Crippen molar-refractivity contribution >= 4 is 32.3 Å². The Morgan fingerprint density at radius 2 is 0.822 bits per heavy atom. The molecule has 1 heteroatoms. The molecule has 532 valence electrons. The van der Waals surface area contributed by atoms with Crippen LogP contribution in [0.2, 0.25) is 0 Å². The summed E-state index contributed by atoms with van der Waals surface area (Å²) in [7, 11) is 0. The lowest BCUT2D eigenvalue weighted by Crippen LogP contribution is -2.22. The zero-order valence-corrected chi connectivity index (χ0v) is 65.3. The highest BCUT2D eigenvalue weighted by Gasteiger charge is 2.31. The first-order valence-electron chi connectivity index (χ1n) is 40.6. The van der Waals surface area contributed by atoms with Crippen LogP contribution in [0.1, 0.15) is 339 Å². The van der Waals surface area contributed by atoms with Gasteiger partial charge in [0, 0.05) is 6.42 Å². The van der Waals surface area contributed by atoms with Crippen LogP contribution in [-0.2, 0) is 64.2 Å². The predicted octanol–water partition coefficient (Wildman–Crippen LogP) is 29.0. The van der Waals surface area contributed by atoms with Crippen molar-refractivity contribution in [2.75, 3.05) is 0 Å². The number of hydrogen-bond acceptors (Lipinski definition) is 0. The van der Waals surface area contributed by atoms with Gasteiger partial charge in [-0.1, -0.05) is 287 Å². The van der Waals surface area contributed by atoms with Crippen LogP contribution in [0.3, 0.4) is 0 Å². The van der Waals surface area contributed by atoms with E-state index in [9.17, 15) is 4.39 Å². The number of aryl methyl sites for hydroxylation is 6. The molecule has 10 aromatic carbocycles. The molecule has 7 aliphatic rings. The summed E-state index contributed by atoms with van der Waals surface area (Å²) in [6.45, 7) is 36.6. The third-order valence-corrected chi connectivity index (χ3v) is 25.8. The Kier molecular flexibility index (Phi) is 25.6. The molecule has 17 rings (SSSR count). The van der Waals surface area contributed by atoms with Crippen molar-refractivity contribution in [1.82, 2.24) is 0 Å². The summed E-state index contributed by atoms with van der Waals surface area (Å²) in [6.07, 6.45) is 22.8. The molecular weight excluding hydrogens is 1220 g/mol.